The second-order valence-corrected chi connectivity index (χ2v) is 14.6. The summed E-state index contributed by atoms with van der Waals surface area (Å²) in [7, 11) is -4.81. The third-order valence-corrected chi connectivity index (χ3v) is 9.73. The molecular weight excluding hydrogens is 800 g/mol. The molecule has 0 unspecified atom stereocenters. The molecule has 0 radical (unpaired) electrons. The number of allylic oxidation sites excluding steroid dienone is 2. The summed E-state index contributed by atoms with van der Waals surface area (Å²) in [6.07, 6.45) is 0. The molecule has 21 heteroatoms. The predicted octanol–water partition coefficient (Wildman–Crippen LogP) is 3.96. The van der Waals surface area contributed by atoms with Gasteiger partial charge in [0, 0.05) is 28.4 Å². The van der Waals surface area contributed by atoms with E-state index < -0.39 is 54.8 Å². The minimum Gasteiger partial charge on any atom is -0.871 e. The van der Waals surface area contributed by atoms with Crippen molar-refractivity contribution in [2.24, 2.45) is 20.5 Å². The summed E-state index contributed by atoms with van der Waals surface area (Å²) in [5.41, 5.74) is -0.288. The Hall–Kier alpha value is -5.96. The van der Waals surface area contributed by atoms with Gasteiger partial charge in [-0.05, 0) is 75.5 Å². The van der Waals surface area contributed by atoms with Crippen molar-refractivity contribution in [3.05, 3.63) is 120 Å². The maximum atomic E-state index is 12.3. The van der Waals surface area contributed by atoms with Gasteiger partial charge in [-0.1, -0.05) is 48.2 Å². The fraction of sp³-hybridized carbons (Fsp3) is 0.118. The van der Waals surface area contributed by atoms with Crippen LogP contribution >= 0.6 is 0 Å². The van der Waals surface area contributed by atoms with Crippen molar-refractivity contribution < 1.29 is 68.6 Å². The molecule has 0 aromatic heterocycles. The first kappa shape index (κ1) is 45.2. The number of amides is 2. The number of rotatable bonds is 12. The molecular formula is C34H36FeN8O10S2. The normalized spacial score (nSPS) is 12.4. The van der Waals surface area contributed by atoms with Crippen LogP contribution in [0, 0.1) is 0 Å². The number of sulfonamides is 2. The van der Waals surface area contributed by atoms with Crippen LogP contribution in [0.4, 0.5) is 22.7 Å². The number of para-hydroxylation sites is 2. The third kappa shape index (κ3) is 13.1. The van der Waals surface area contributed by atoms with Crippen LogP contribution in [0.2, 0.25) is 0 Å². The molecule has 0 fully saturated rings. The number of carbonyl (C=O) groups excluding carboxylic acids is 2. The Balaban J connectivity index is 0.000000373. The fourth-order valence-electron chi connectivity index (χ4n) is 3.95. The van der Waals surface area contributed by atoms with Gasteiger partial charge in [-0.25, -0.2) is 17.9 Å². The Morgan fingerprint density at radius 3 is 1.56 bits per heavy atom. The summed E-state index contributed by atoms with van der Waals surface area (Å²) in [6, 6.07) is 23.7. The van der Waals surface area contributed by atoms with E-state index in [4.69, 9.17) is 0 Å². The average Bonchev–Trinajstić information content (AvgIpc) is 3.13. The zero-order chi connectivity index (χ0) is 40.1. The van der Waals surface area contributed by atoms with Gasteiger partial charge in [0.25, 0.3) is 11.8 Å². The molecule has 4 rings (SSSR count). The molecule has 0 saturated carbocycles. The molecule has 0 aliphatic carbocycles. The molecule has 0 bridgehead atoms. The summed E-state index contributed by atoms with van der Waals surface area (Å²) in [5.74, 6) is -3.18. The van der Waals surface area contributed by atoms with E-state index >= 15 is 0 Å². The molecule has 292 valence electrons. The number of hydrogen-bond donors (Lipinski definition) is 7. The first-order chi connectivity index (χ1) is 25.5. The van der Waals surface area contributed by atoms with Crippen molar-refractivity contribution in [3.63, 3.8) is 0 Å². The Kier molecular flexibility index (Phi) is 16.8. The number of nitrogens with two attached hydrogens (primary N) is 1. The van der Waals surface area contributed by atoms with Crippen molar-refractivity contribution in [1.82, 2.24) is 4.72 Å². The smallest absolute Gasteiger partial charge is 0.324 e. The number of carbonyl (C=O) groups is 2. The summed E-state index contributed by atoms with van der Waals surface area (Å²) in [4.78, 5) is 24.3. The number of hydrogen-bond acceptors (Lipinski definition) is 14. The number of aliphatic hydroxyl groups is 2. The number of phenols is 1. The number of benzene rings is 4. The molecule has 55 heavy (non-hydrogen) atoms. The molecule has 0 atom stereocenters. The van der Waals surface area contributed by atoms with E-state index in [1.165, 1.54) is 34.0 Å². The van der Waals surface area contributed by atoms with Crippen LogP contribution in [0.1, 0.15) is 13.8 Å². The van der Waals surface area contributed by atoms with Gasteiger partial charge in [0.15, 0.2) is 11.4 Å². The molecule has 4 aromatic rings. The second kappa shape index (κ2) is 20.5. The number of nitrogens with zero attached hydrogens (tertiary/aromatic N) is 4. The number of azo groups is 2. The van der Waals surface area contributed by atoms with E-state index in [9.17, 15) is 46.9 Å². The molecule has 0 aliphatic heterocycles. The van der Waals surface area contributed by atoms with Gasteiger partial charge in [0.05, 0.1) is 17.6 Å². The maximum absolute atomic E-state index is 12.3. The third-order valence-electron chi connectivity index (χ3n) is 6.79. The first-order valence-electron chi connectivity index (χ1n) is 15.5. The van der Waals surface area contributed by atoms with Gasteiger partial charge in [-0.3, -0.25) is 9.59 Å². The van der Waals surface area contributed by atoms with Crippen LogP contribution in [0.5, 0.6) is 11.5 Å². The SMILES string of the molecule is CNS(=O)(=O)c1ccc([O-])c(N=NC(C(=O)Nc2ccccc2)=C(C)O)c1.C[NH2+]S(=O)(=O)c1ccc(O)c(N=NC(C(=O)Nc2ccccc2)=C(C)O)c1.[Fe]. The van der Waals surface area contributed by atoms with Gasteiger partial charge >= 0.3 is 10.0 Å². The molecule has 8 N–H and O–H groups in total. The van der Waals surface area contributed by atoms with Gasteiger partial charge in [-0.15, -0.1) is 15.3 Å². The topological polar surface area (TPSA) is 288 Å². The number of nitrogens with one attached hydrogen (secondary N) is 3. The monoisotopic (exact) mass is 836 g/mol. The molecule has 0 aliphatic rings. The van der Waals surface area contributed by atoms with Gasteiger partial charge in [0.2, 0.25) is 10.0 Å². The summed E-state index contributed by atoms with van der Waals surface area (Å²) in [6.45, 7) is 2.49. The van der Waals surface area contributed by atoms with Crippen molar-refractivity contribution in [2.45, 2.75) is 23.6 Å². The van der Waals surface area contributed by atoms with Crippen LogP contribution in [-0.4, -0.2) is 58.1 Å². The maximum Gasteiger partial charge on any atom is 0.324 e. The molecule has 2 amide bonds. The average molecular weight is 837 g/mol. The van der Waals surface area contributed by atoms with Crippen LogP contribution in [-0.2, 0) is 46.7 Å². The number of quaternary nitrogens is 1. The second-order valence-electron chi connectivity index (χ2n) is 10.7. The molecule has 0 spiro atoms. The van der Waals surface area contributed by atoms with Crippen LogP contribution in [0.3, 0.4) is 0 Å². The van der Waals surface area contributed by atoms with Crippen LogP contribution < -0.4 is 25.2 Å². The zero-order valence-electron chi connectivity index (χ0n) is 29.5. The number of anilines is 2. The Morgan fingerprint density at radius 2 is 1.13 bits per heavy atom. The molecule has 18 nitrogen and oxygen atoms in total. The summed E-state index contributed by atoms with van der Waals surface area (Å²) in [5, 5.41) is 60.9. The van der Waals surface area contributed by atoms with Crippen molar-refractivity contribution in [3.8, 4) is 11.5 Å². The summed E-state index contributed by atoms with van der Waals surface area (Å²) >= 11 is 0. The van der Waals surface area contributed by atoms with Gasteiger partial charge < -0.3 is 31.1 Å². The van der Waals surface area contributed by atoms with E-state index in [0.29, 0.717) is 11.4 Å². The van der Waals surface area contributed by atoms with E-state index in [1.54, 1.807) is 60.7 Å². The van der Waals surface area contributed by atoms with Crippen LogP contribution in [0.25, 0.3) is 0 Å². The minimum absolute atomic E-state index is 0. The Labute approximate surface area is 327 Å². The summed E-state index contributed by atoms with van der Waals surface area (Å²) < 4.78 is 50.6. The quantitative estimate of drug-likeness (QED) is 0.0467. The van der Waals surface area contributed by atoms with Crippen molar-refractivity contribution in [2.75, 3.05) is 24.7 Å². The van der Waals surface area contributed by atoms with E-state index in [2.05, 4.69) is 35.8 Å². The number of aromatic hydroxyl groups is 1. The largest absolute Gasteiger partial charge is 0.871 e. The van der Waals surface area contributed by atoms with E-state index in [0.717, 1.165) is 35.1 Å². The Morgan fingerprint density at radius 1 is 0.691 bits per heavy atom. The van der Waals surface area contributed by atoms with Crippen LogP contribution in [0.15, 0.2) is 150 Å². The van der Waals surface area contributed by atoms with E-state index in [-0.39, 0.29) is 49.7 Å². The first-order valence-corrected chi connectivity index (χ1v) is 18.5. The van der Waals surface area contributed by atoms with E-state index in [1.807, 2.05) is 0 Å². The molecule has 4 aromatic carbocycles. The zero-order valence-corrected chi connectivity index (χ0v) is 32.2. The minimum atomic E-state index is -3.78. The van der Waals surface area contributed by atoms with Gasteiger partial charge in [-0.2, -0.15) is 13.5 Å². The predicted molar refractivity (Wildman–Crippen MR) is 195 cm³/mol. The van der Waals surface area contributed by atoms with Gasteiger partial charge in [0.1, 0.15) is 27.9 Å². The van der Waals surface area contributed by atoms with Crippen molar-refractivity contribution >= 4 is 54.6 Å². The molecule has 0 heterocycles. The number of aliphatic hydroxyl groups excluding tert-OH is 2. The Bertz CT molecular complexity index is 2170. The standard InChI is InChI=1S/2C17H18N4O5S.Fe/c2*1-11(22)16(17(24)19-12-6-4-3-5-7-12)21-20-14-10-13(8-9-15(14)23)27(25,26)18-2;/h2*3-10,18,22-23H,1-2H3,(H,19,24);. The number of phenolic OH excluding ortho intramolecular Hbond substituents is 1. The van der Waals surface area contributed by atoms with Crippen molar-refractivity contribution in [1.29, 1.82) is 0 Å². The fourth-order valence-corrected chi connectivity index (χ4v) is 5.51. The number of primary sulfonamides is 1. The molecule has 0 saturated heterocycles.